The molecule has 1 unspecified atom stereocenters. The molecule has 3 rings (SSSR count). The van der Waals surface area contributed by atoms with Crippen molar-refractivity contribution in [2.75, 3.05) is 11.9 Å². The van der Waals surface area contributed by atoms with Crippen LogP contribution in [-0.4, -0.2) is 12.5 Å². The minimum Gasteiger partial charge on any atom is -0.483 e. The maximum absolute atomic E-state index is 12.3. The van der Waals surface area contributed by atoms with E-state index in [4.69, 9.17) is 4.74 Å². The second-order valence-corrected chi connectivity index (χ2v) is 7.44. The fourth-order valence-corrected chi connectivity index (χ4v) is 3.36. The molecule has 0 radical (unpaired) electrons. The van der Waals surface area contributed by atoms with E-state index in [1.165, 1.54) is 5.56 Å². The van der Waals surface area contributed by atoms with Crippen molar-refractivity contribution in [3.63, 3.8) is 0 Å². The third kappa shape index (κ3) is 6.46. The van der Waals surface area contributed by atoms with Gasteiger partial charge >= 0.3 is 0 Å². The molecule has 0 aliphatic heterocycles. The van der Waals surface area contributed by atoms with Crippen molar-refractivity contribution in [3.8, 4) is 5.75 Å². The lowest BCUT2D eigenvalue weighted by Gasteiger charge is -2.20. The Morgan fingerprint density at radius 3 is 2.37 bits per heavy atom. The van der Waals surface area contributed by atoms with Gasteiger partial charge in [0.2, 0.25) is 0 Å². The van der Waals surface area contributed by atoms with Gasteiger partial charge in [-0.15, -0.1) is 0 Å². The van der Waals surface area contributed by atoms with E-state index in [9.17, 15) is 4.79 Å². The van der Waals surface area contributed by atoms with Gasteiger partial charge in [0, 0.05) is 23.8 Å². The average Bonchev–Trinajstić information content (AvgIpc) is 2.78. The van der Waals surface area contributed by atoms with Gasteiger partial charge in [-0.25, -0.2) is 0 Å². The predicted octanol–water partition coefficient (Wildman–Crippen LogP) is 5.64. The molecule has 0 heterocycles. The van der Waals surface area contributed by atoms with Crippen LogP contribution in [0.2, 0.25) is 0 Å². The van der Waals surface area contributed by atoms with Crippen LogP contribution in [0.25, 0.3) is 0 Å². The minimum absolute atomic E-state index is 0.0258. The molecule has 156 valence electrons. The molecular formula is C26H30N2O2. The Balaban J connectivity index is 1.58. The zero-order valence-electron chi connectivity index (χ0n) is 17.7. The molecule has 3 aromatic rings. The summed E-state index contributed by atoms with van der Waals surface area (Å²) in [5, 5.41) is 6.51. The molecule has 0 bridgehead atoms. The molecule has 3 aromatic carbocycles. The van der Waals surface area contributed by atoms with Gasteiger partial charge < -0.3 is 15.4 Å². The molecule has 4 nitrogen and oxygen atoms in total. The highest BCUT2D eigenvalue weighted by molar-refractivity contribution is 5.91. The average molecular weight is 403 g/mol. The number of hydrogen-bond donors (Lipinski definition) is 2. The van der Waals surface area contributed by atoms with Gasteiger partial charge in [-0.2, -0.15) is 0 Å². The van der Waals surface area contributed by atoms with Crippen molar-refractivity contribution in [1.29, 1.82) is 0 Å². The van der Waals surface area contributed by atoms with Crippen molar-refractivity contribution in [2.24, 2.45) is 0 Å². The first-order valence-electron chi connectivity index (χ1n) is 10.5. The number of aryl methyl sites for hydroxylation is 1. The van der Waals surface area contributed by atoms with Crippen molar-refractivity contribution in [2.45, 2.75) is 39.3 Å². The van der Waals surface area contributed by atoms with E-state index >= 15 is 0 Å². The van der Waals surface area contributed by atoms with Crippen LogP contribution in [0.1, 0.15) is 42.5 Å². The minimum atomic E-state index is -0.172. The molecule has 30 heavy (non-hydrogen) atoms. The number of anilines is 1. The number of amides is 1. The zero-order valence-corrected chi connectivity index (χ0v) is 17.7. The molecule has 0 saturated carbocycles. The first-order valence-corrected chi connectivity index (χ1v) is 10.5. The molecule has 0 saturated heterocycles. The molecule has 4 heteroatoms. The summed E-state index contributed by atoms with van der Waals surface area (Å²) >= 11 is 0. The number of carbonyl (C=O) groups is 1. The summed E-state index contributed by atoms with van der Waals surface area (Å²) in [6, 6.07) is 26.4. The Morgan fingerprint density at radius 2 is 1.63 bits per heavy atom. The van der Waals surface area contributed by atoms with E-state index < -0.39 is 0 Å². The number of para-hydroxylation sites is 1. The molecule has 1 atom stereocenters. The van der Waals surface area contributed by atoms with Gasteiger partial charge in [0.1, 0.15) is 5.75 Å². The second kappa shape index (κ2) is 11.2. The van der Waals surface area contributed by atoms with E-state index in [-0.39, 0.29) is 18.6 Å². The lowest BCUT2D eigenvalue weighted by Crippen LogP contribution is -2.23. The number of benzene rings is 3. The summed E-state index contributed by atoms with van der Waals surface area (Å²) in [5.41, 5.74) is 4.25. The summed E-state index contributed by atoms with van der Waals surface area (Å²) in [6.45, 7) is 4.86. The van der Waals surface area contributed by atoms with Crippen molar-refractivity contribution < 1.29 is 9.53 Å². The van der Waals surface area contributed by atoms with Crippen molar-refractivity contribution in [3.05, 3.63) is 95.6 Å². The van der Waals surface area contributed by atoms with Gasteiger partial charge in [0.15, 0.2) is 6.61 Å². The van der Waals surface area contributed by atoms with Gasteiger partial charge in [-0.3, -0.25) is 4.79 Å². The Morgan fingerprint density at radius 1 is 0.933 bits per heavy atom. The van der Waals surface area contributed by atoms with E-state index in [2.05, 4.69) is 41.8 Å². The number of nitrogens with one attached hydrogen (secondary N) is 2. The van der Waals surface area contributed by atoms with Crippen LogP contribution in [0, 0.1) is 6.92 Å². The quantitative estimate of drug-likeness (QED) is 0.461. The molecule has 2 N–H and O–H groups in total. The standard InChI is InChI=1S/C26H30N2O2/c1-3-9-24(21-10-5-4-6-11-21)27-18-22-12-7-8-13-25(22)30-19-26(29)28-23-16-14-20(2)15-17-23/h4-8,10-17,24,27H,3,9,18-19H2,1-2H3,(H,28,29). The van der Waals surface area contributed by atoms with Crippen molar-refractivity contribution in [1.82, 2.24) is 5.32 Å². The Hall–Kier alpha value is -3.11. The number of rotatable bonds is 10. The summed E-state index contributed by atoms with van der Waals surface area (Å²) in [4.78, 5) is 12.3. The maximum atomic E-state index is 12.3. The number of hydrogen-bond acceptors (Lipinski definition) is 3. The summed E-state index contributed by atoms with van der Waals surface area (Å²) < 4.78 is 5.84. The SMILES string of the molecule is CCCC(NCc1ccccc1OCC(=O)Nc1ccc(C)cc1)c1ccccc1. The molecule has 0 spiro atoms. The summed E-state index contributed by atoms with van der Waals surface area (Å²) in [7, 11) is 0. The smallest absolute Gasteiger partial charge is 0.262 e. The van der Waals surface area contributed by atoms with Gasteiger partial charge in [0.25, 0.3) is 5.91 Å². The fourth-order valence-electron chi connectivity index (χ4n) is 3.36. The molecule has 0 aliphatic rings. The van der Waals surface area contributed by atoms with Crippen LogP contribution < -0.4 is 15.4 Å². The summed E-state index contributed by atoms with van der Waals surface area (Å²) in [5.74, 6) is 0.558. The normalized spacial score (nSPS) is 11.7. The Labute approximate surface area is 179 Å². The van der Waals surface area contributed by atoms with Crippen LogP contribution in [-0.2, 0) is 11.3 Å². The first kappa shape index (κ1) is 21.6. The molecule has 0 aliphatic carbocycles. The lowest BCUT2D eigenvalue weighted by atomic mass is 10.0. The van der Waals surface area contributed by atoms with Crippen LogP contribution >= 0.6 is 0 Å². The number of carbonyl (C=O) groups excluding carboxylic acids is 1. The first-order chi connectivity index (χ1) is 14.7. The number of ether oxygens (including phenoxy) is 1. The maximum Gasteiger partial charge on any atom is 0.262 e. The topological polar surface area (TPSA) is 50.4 Å². The predicted molar refractivity (Wildman–Crippen MR) is 123 cm³/mol. The summed E-state index contributed by atoms with van der Waals surface area (Å²) in [6.07, 6.45) is 2.16. The van der Waals surface area contributed by atoms with E-state index in [0.717, 1.165) is 35.4 Å². The van der Waals surface area contributed by atoms with E-state index in [1.807, 2.05) is 61.5 Å². The highest BCUT2D eigenvalue weighted by Gasteiger charge is 2.12. The van der Waals surface area contributed by atoms with E-state index in [1.54, 1.807) is 0 Å². The lowest BCUT2D eigenvalue weighted by molar-refractivity contribution is -0.118. The highest BCUT2D eigenvalue weighted by atomic mass is 16.5. The van der Waals surface area contributed by atoms with Gasteiger partial charge in [-0.1, -0.05) is 79.6 Å². The monoisotopic (exact) mass is 402 g/mol. The zero-order chi connectivity index (χ0) is 21.2. The van der Waals surface area contributed by atoms with Crippen LogP contribution in [0.15, 0.2) is 78.9 Å². The van der Waals surface area contributed by atoms with Gasteiger partial charge in [-0.05, 0) is 37.1 Å². The third-order valence-electron chi connectivity index (χ3n) is 4.98. The fraction of sp³-hybridized carbons (Fsp3) is 0.269. The largest absolute Gasteiger partial charge is 0.483 e. The van der Waals surface area contributed by atoms with Crippen molar-refractivity contribution >= 4 is 11.6 Å². The molecule has 0 aromatic heterocycles. The van der Waals surface area contributed by atoms with Crippen LogP contribution in [0.3, 0.4) is 0 Å². The third-order valence-corrected chi connectivity index (χ3v) is 4.98. The van der Waals surface area contributed by atoms with Gasteiger partial charge in [0.05, 0.1) is 0 Å². The Bertz CT molecular complexity index is 923. The van der Waals surface area contributed by atoms with Crippen LogP contribution in [0.5, 0.6) is 5.75 Å². The van der Waals surface area contributed by atoms with Crippen LogP contribution in [0.4, 0.5) is 5.69 Å². The molecular weight excluding hydrogens is 372 g/mol. The Kier molecular flexibility index (Phi) is 8.04. The highest BCUT2D eigenvalue weighted by Crippen LogP contribution is 2.22. The molecule has 0 fully saturated rings. The molecule has 1 amide bonds. The van der Waals surface area contributed by atoms with E-state index in [0.29, 0.717) is 6.54 Å². The second-order valence-electron chi connectivity index (χ2n) is 7.44.